The number of halogens is 1. The topological polar surface area (TPSA) is 50.3 Å². The highest BCUT2D eigenvalue weighted by molar-refractivity contribution is 6.31. The Morgan fingerprint density at radius 3 is 2.43 bits per heavy atom. The number of aryl methyl sites for hydroxylation is 2. The van der Waals surface area contributed by atoms with Gasteiger partial charge >= 0.3 is 0 Å². The van der Waals surface area contributed by atoms with Gasteiger partial charge in [0.15, 0.2) is 0 Å². The highest BCUT2D eigenvalue weighted by Crippen LogP contribution is 2.33. The Balaban J connectivity index is 2.39. The van der Waals surface area contributed by atoms with Crippen LogP contribution in [-0.2, 0) is 0 Å². The van der Waals surface area contributed by atoms with Gasteiger partial charge in [0, 0.05) is 35.9 Å². The minimum absolute atomic E-state index is 0.676. The number of aromatic nitrogens is 2. The van der Waals surface area contributed by atoms with Crippen LogP contribution in [0.1, 0.15) is 25.1 Å². The lowest BCUT2D eigenvalue weighted by Gasteiger charge is -2.20. The lowest BCUT2D eigenvalue weighted by Crippen LogP contribution is -2.24. The first-order chi connectivity index (χ1) is 11.0. The molecule has 0 radical (unpaired) electrons. The number of ether oxygens (including phenoxy) is 1. The second-order valence-electron chi connectivity index (χ2n) is 5.29. The number of methoxy groups -OCH3 is 1. The lowest BCUT2D eigenvalue weighted by atomic mass is 10.2. The van der Waals surface area contributed by atoms with Crippen LogP contribution < -0.4 is 15.0 Å². The first-order valence-corrected chi connectivity index (χ1v) is 8.08. The van der Waals surface area contributed by atoms with Crippen molar-refractivity contribution < 1.29 is 4.74 Å². The van der Waals surface area contributed by atoms with Crippen molar-refractivity contribution in [3.05, 3.63) is 34.5 Å². The fourth-order valence-electron chi connectivity index (χ4n) is 2.33. The molecule has 1 heterocycles. The summed E-state index contributed by atoms with van der Waals surface area (Å²) in [5.41, 5.74) is 2.72. The fourth-order valence-corrected chi connectivity index (χ4v) is 2.49. The van der Waals surface area contributed by atoms with Gasteiger partial charge in [0.05, 0.1) is 12.8 Å². The van der Waals surface area contributed by atoms with E-state index in [1.54, 1.807) is 13.2 Å². The molecule has 0 atom stereocenters. The first-order valence-electron chi connectivity index (χ1n) is 7.70. The molecule has 0 saturated heterocycles. The zero-order chi connectivity index (χ0) is 17.0. The van der Waals surface area contributed by atoms with Crippen LogP contribution in [0.3, 0.4) is 0 Å². The molecule has 1 aromatic carbocycles. The summed E-state index contributed by atoms with van der Waals surface area (Å²) in [7, 11) is 1.62. The molecule has 2 aromatic rings. The Labute approximate surface area is 142 Å². The van der Waals surface area contributed by atoms with Gasteiger partial charge in [-0.15, -0.1) is 0 Å². The minimum Gasteiger partial charge on any atom is -0.495 e. The Morgan fingerprint density at radius 1 is 1.13 bits per heavy atom. The lowest BCUT2D eigenvalue weighted by molar-refractivity contribution is 0.416. The number of benzene rings is 1. The molecule has 0 saturated carbocycles. The molecule has 0 aliphatic heterocycles. The summed E-state index contributed by atoms with van der Waals surface area (Å²) in [5.74, 6) is 2.14. The van der Waals surface area contributed by atoms with Crippen LogP contribution in [0.15, 0.2) is 18.2 Å². The van der Waals surface area contributed by atoms with E-state index in [4.69, 9.17) is 16.3 Å². The SMILES string of the molecule is CCN(CC)c1nc(C)cc(Nc2cc(C)c(Cl)cc2OC)n1. The predicted molar refractivity (Wildman–Crippen MR) is 96.4 cm³/mol. The van der Waals surface area contributed by atoms with E-state index in [2.05, 4.69) is 34.0 Å². The summed E-state index contributed by atoms with van der Waals surface area (Å²) in [6, 6.07) is 5.67. The Hall–Kier alpha value is -2.01. The smallest absolute Gasteiger partial charge is 0.227 e. The van der Waals surface area contributed by atoms with Crippen LogP contribution in [0, 0.1) is 13.8 Å². The number of nitrogens with one attached hydrogen (secondary N) is 1. The van der Waals surface area contributed by atoms with Crippen LogP contribution in [0.25, 0.3) is 0 Å². The van der Waals surface area contributed by atoms with Crippen molar-refractivity contribution in [2.45, 2.75) is 27.7 Å². The molecule has 0 fully saturated rings. The third-order valence-electron chi connectivity index (χ3n) is 3.63. The maximum atomic E-state index is 6.16. The molecule has 0 amide bonds. The average Bonchev–Trinajstić information content (AvgIpc) is 2.51. The second-order valence-corrected chi connectivity index (χ2v) is 5.70. The average molecular weight is 335 g/mol. The van der Waals surface area contributed by atoms with E-state index in [0.717, 1.165) is 41.8 Å². The van der Waals surface area contributed by atoms with Crippen molar-refractivity contribution in [2.75, 3.05) is 30.4 Å². The zero-order valence-corrected chi connectivity index (χ0v) is 15.0. The van der Waals surface area contributed by atoms with Crippen LogP contribution in [0.4, 0.5) is 17.5 Å². The largest absolute Gasteiger partial charge is 0.495 e. The van der Waals surface area contributed by atoms with Gasteiger partial charge in [0.1, 0.15) is 11.6 Å². The number of rotatable bonds is 6. The summed E-state index contributed by atoms with van der Waals surface area (Å²) in [4.78, 5) is 11.2. The molecule has 0 bridgehead atoms. The third-order valence-corrected chi connectivity index (χ3v) is 4.04. The van der Waals surface area contributed by atoms with E-state index in [0.29, 0.717) is 10.8 Å². The number of nitrogens with zero attached hydrogens (tertiary/aromatic N) is 3. The van der Waals surface area contributed by atoms with Gasteiger partial charge in [0.2, 0.25) is 5.95 Å². The molecule has 23 heavy (non-hydrogen) atoms. The molecule has 5 nitrogen and oxygen atoms in total. The third kappa shape index (κ3) is 4.05. The molecule has 0 spiro atoms. The van der Waals surface area contributed by atoms with Gasteiger partial charge in [-0.2, -0.15) is 4.98 Å². The van der Waals surface area contributed by atoms with Gasteiger partial charge < -0.3 is 15.0 Å². The van der Waals surface area contributed by atoms with Crippen molar-refractivity contribution in [3.8, 4) is 5.75 Å². The van der Waals surface area contributed by atoms with E-state index in [9.17, 15) is 0 Å². The van der Waals surface area contributed by atoms with Crippen LogP contribution in [-0.4, -0.2) is 30.2 Å². The van der Waals surface area contributed by atoms with Crippen molar-refractivity contribution in [3.63, 3.8) is 0 Å². The molecule has 0 unspecified atom stereocenters. The molecular formula is C17H23ClN4O. The van der Waals surface area contributed by atoms with Gasteiger partial charge in [0.25, 0.3) is 0 Å². The molecule has 2 rings (SSSR count). The highest BCUT2D eigenvalue weighted by atomic mass is 35.5. The molecular weight excluding hydrogens is 312 g/mol. The molecule has 6 heteroatoms. The normalized spacial score (nSPS) is 10.5. The van der Waals surface area contributed by atoms with Gasteiger partial charge in [-0.25, -0.2) is 4.98 Å². The molecule has 1 aromatic heterocycles. The molecule has 124 valence electrons. The summed E-state index contributed by atoms with van der Waals surface area (Å²) < 4.78 is 5.40. The van der Waals surface area contributed by atoms with Crippen molar-refractivity contribution in [1.82, 2.24) is 9.97 Å². The van der Waals surface area contributed by atoms with Crippen LogP contribution >= 0.6 is 11.6 Å². The quantitative estimate of drug-likeness (QED) is 0.851. The van der Waals surface area contributed by atoms with Crippen molar-refractivity contribution >= 4 is 29.1 Å². The summed E-state index contributed by atoms with van der Waals surface area (Å²) >= 11 is 6.16. The van der Waals surface area contributed by atoms with E-state index in [1.807, 2.05) is 26.0 Å². The summed E-state index contributed by atoms with van der Waals surface area (Å²) in [6.45, 7) is 9.83. The fraction of sp³-hybridized carbons (Fsp3) is 0.412. The standard InChI is InChI=1S/C17H23ClN4O/c1-6-22(7-2)17-19-12(4)9-16(21-17)20-14-8-11(3)13(18)10-15(14)23-5/h8-10H,6-7H2,1-5H3,(H,19,20,21). The van der Waals surface area contributed by atoms with E-state index < -0.39 is 0 Å². The first kappa shape index (κ1) is 17.3. The predicted octanol–water partition coefficient (Wildman–Crippen LogP) is 4.35. The van der Waals surface area contributed by atoms with E-state index >= 15 is 0 Å². The van der Waals surface area contributed by atoms with Crippen LogP contribution in [0.5, 0.6) is 5.75 Å². The minimum atomic E-state index is 0.676. The molecule has 1 N–H and O–H groups in total. The maximum Gasteiger partial charge on any atom is 0.227 e. The zero-order valence-electron chi connectivity index (χ0n) is 14.3. The van der Waals surface area contributed by atoms with Gasteiger partial charge in [-0.1, -0.05) is 11.6 Å². The molecule has 0 aliphatic rings. The Morgan fingerprint density at radius 2 is 1.83 bits per heavy atom. The number of hydrogen-bond acceptors (Lipinski definition) is 5. The van der Waals surface area contributed by atoms with E-state index in [-0.39, 0.29) is 0 Å². The second kappa shape index (κ2) is 7.51. The van der Waals surface area contributed by atoms with Crippen molar-refractivity contribution in [1.29, 1.82) is 0 Å². The highest BCUT2D eigenvalue weighted by Gasteiger charge is 2.11. The number of anilines is 3. The van der Waals surface area contributed by atoms with Gasteiger partial charge in [-0.3, -0.25) is 0 Å². The van der Waals surface area contributed by atoms with Crippen molar-refractivity contribution in [2.24, 2.45) is 0 Å². The Kier molecular flexibility index (Phi) is 5.66. The van der Waals surface area contributed by atoms with Gasteiger partial charge in [-0.05, 0) is 39.3 Å². The number of hydrogen-bond donors (Lipinski definition) is 1. The monoisotopic (exact) mass is 334 g/mol. The maximum absolute atomic E-state index is 6.16. The van der Waals surface area contributed by atoms with E-state index in [1.165, 1.54) is 0 Å². The summed E-state index contributed by atoms with van der Waals surface area (Å²) in [6.07, 6.45) is 0. The summed E-state index contributed by atoms with van der Waals surface area (Å²) in [5, 5.41) is 3.99. The Bertz CT molecular complexity index is 687. The van der Waals surface area contributed by atoms with Crippen LogP contribution in [0.2, 0.25) is 5.02 Å². The molecule has 0 aliphatic carbocycles.